The number of amides is 2. The lowest BCUT2D eigenvalue weighted by Crippen LogP contribution is -2.49. The number of phenolic OH excluding ortho intramolecular Hbond substituents is 1. The zero-order chi connectivity index (χ0) is 16.0. The lowest BCUT2D eigenvalue weighted by Gasteiger charge is -2.26. The molecule has 2 atom stereocenters. The molecular weight excluding hydrogens is 272 g/mol. The van der Waals surface area contributed by atoms with Crippen LogP contribution in [-0.4, -0.2) is 46.2 Å². The van der Waals surface area contributed by atoms with Crippen molar-refractivity contribution in [1.82, 2.24) is 10.2 Å². The van der Waals surface area contributed by atoms with Crippen molar-refractivity contribution in [3.63, 3.8) is 0 Å². The van der Waals surface area contributed by atoms with Crippen molar-refractivity contribution >= 4 is 12.0 Å². The number of rotatable bonds is 6. The number of phenols is 1. The van der Waals surface area contributed by atoms with Gasteiger partial charge in [-0.15, -0.1) is 0 Å². The number of hydrogen-bond acceptors (Lipinski definition) is 3. The van der Waals surface area contributed by atoms with E-state index >= 15 is 0 Å². The van der Waals surface area contributed by atoms with Gasteiger partial charge in [-0.25, -0.2) is 9.59 Å². The first-order chi connectivity index (χ1) is 9.85. The van der Waals surface area contributed by atoms with Gasteiger partial charge in [-0.2, -0.15) is 0 Å². The number of hydrogen-bond donors (Lipinski definition) is 3. The van der Waals surface area contributed by atoms with E-state index in [1.165, 1.54) is 17.0 Å². The lowest BCUT2D eigenvalue weighted by atomic mass is 10.1. The summed E-state index contributed by atoms with van der Waals surface area (Å²) in [6, 6.07) is 4.87. The summed E-state index contributed by atoms with van der Waals surface area (Å²) in [5.74, 6) is -0.972. The molecule has 6 nitrogen and oxygen atoms in total. The summed E-state index contributed by atoms with van der Waals surface area (Å²) in [7, 11) is 1.64. The fourth-order valence-electron chi connectivity index (χ4n) is 1.79. The van der Waals surface area contributed by atoms with Crippen LogP contribution in [0.25, 0.3) is 0 Å². The van der Waals surface area contributed by atoms with E-state index in [0.717, 1.165) is 12.0 Å². The number of carbonyl (C=O) groups excluding carboxylic acids is 1. The lowest BCUT2D eigenvalue weighted by molar-refractivity contribution is -0.139. The maximum Gasteiger partial charge on any atom is 0.326 e. The summed E-state index contributed by atoms with van der Waals surface area (Å²) >= 11 is 0. The standard InChI is InChI=1S/C15H22N2O4/c1-4-10(2)17(3)15(21)16-13(14(19)20)9-11-5-7-12(18)8-6-11/h5-8,10,13,18H,4,9H2,1-3H3,(H,16,21)(H,19,20). The molecule has 1 aromatic rings. The number of nitrogens with zero attached hydrogens (tertiary/aromatic N) is 1. The average Bonchev–Trinajstić information content (AvgIpc) is 2.46. The van der Waals surface area contributed by atoms with E-state index in [-0.39, 0.29) is 18.2 Å². The normalized spacial score (nSPS) is 13.3. The molecule has 0 aliphatic carbocycles. The fraction of sp³-hybridized carbons (Fsp3) is 0.467. The van der Waals surface area contributed by atoms with Gasteiger partial charge in [0.2, 0.25) is 0 Å². The zero-order valence-corrected chi connectivity index (χ0v) is 12.5. The molecule has 0 radical (unpaired) electrons. The molecule has 0 saturated carbocycles. The van der Waals surface area contributed by atoms with Gasteiger partial charge in [0.05, 0.1) is 0 Å². The summed E-state index contributed by atoms with van der Waals surface area (Å²) in [6.45, 7) is 3.86. The fourth-order valence-corrected chi connectivity index (χ4v) is 1.79. The van der Waals surface area contributed by atoms with E-state index in [4.69, 9.17) is 0 Å². The number of urea groups is 1. The minimum Gasteiger partial charge on any atom is -0.508 e. The van der Waals surface area contributed by atoms with E-state index in [1.54, 1.807) is 19.2 Å². The van der Waals surface area contributed by atoms with Crippen molar-refractivity contribution in [2.75, 3.05) is 7.05 Å². The Balaban J connectivity index is 2.72. The van der Waals surface area contributed by atoms with Gasteiger partial charge in [0, 0.05) is 19.5 Å². The van der Waals surface area contributed by atoms with Gasteiger partial charge in [0.1, 0.15) is 11.8 Å². The summed E-state index contributed by atoms with van der Waals surface area (Å²) < 4.78 is 0. The van der Waals surface area contributed by atoms with Crippen LogP contribution in [0.2, 0.25) is 0 Å². The van der Waals surface area contributed by atoms with Crippen molar-refractivity contribution in [3.05, 3.63) is 29.8 Å². The Morgan fingerprint density at radius 3 is 2.33 bits per heavy atom. The second-order valence-electron chi connectivity index (χ2n) is 5.08. The van der Waals surface area contributed by atoms with Crippen LogP contribution in [0.15, 0.2) is 24.3 Å². The molecule has 3 N–H and O–H groups in total. The Morgan fingerprint density at radius 2 is 1.86 bits per heavy atom. The molecule has 0 fully saturated rings. The van der Waals surface area contributed by atoms with Gasteiger partial charge >= 0.3 is 12.0 Å². The quantitative estimate of drug-likeness (QED) is 0.746. The second-order valence-corrected chi connectivity index (χ2v) is 5.08. The van der Waals surface area contributed by atoms with E-state index in [1.807, 2.05) is 13.8 Å². The number of carboxylic acid groups (broad SMARTS) is 1. The minimum atomic E-state index is -1.09. The Hall–Kier alpha value is -2.24. The maximum absolute atomic E-state index is 12.0. The van der Waals surface area contributed by atoms with Crippen LogP contribution in [-0.2, 0) is 11.2 Å². The van der Waals surface area contributed by atoms with Gasteiger partial charge in [-0.3, -0.25) is 0 Å². The molecular formula is C15H22N2O4. The predicted octanol–water partition coefficient (Wildman–Crippen LogP) is 1.83. The first kappa shape index (κ1) is 16.8. The minimum absolute atomic E-state index is 0.0353. The largest absolute Gasteiger partial charge is 0.508 e. The van der Waals surface area contributed by atoms with Gasteiger partial charge in [-0.05, 0) is 31.0 Å². The van der Waals surface area contributed by atoms with E-state index < -0.39 is 18.0 Å². The summed E-state index contributed by atoms with van der Waals surface area (Å²) in [5, 5.41) is 21.0. The van der Waals surface area contributed by atoms with Crippen molar-refractivity contribution in [2.24, 2.45) is 0 Å². The monoisotopic (exact) mass is 294 g/mol. The molecule has 2 unspecified atom stereocenters. The van der Waals surface area contributed by atoms with Crippen LogP contribution in [0.1, 0.15) is 25.8 Å². The zero-order valence-electron chi connectivity index (χ0n) is 12.5. The van der Waals surface area contributed by atoms with E-state index in [2.05, 4.69) is 5.32 Å². The molecule has 0 spiro atoms. The van der Waals surface area contributed by atoms with Crippen molar-refractivity contribution in [1.29, 1.82) is 0 Å². The molecule has 0 heterocycles. The Kier molecular flexibility index (Phi) is 6.02. The SMILES string of the molecule is CCC(C)N(C)C(=O)NC(Cc1ccc(O)cc1)C(=O)O. The van der Waals surface area contributed by atoms with Gasteiger partial charge in [0.15, 0.2) is 0 Å². The summed E-state index contributed by atoms with van der Waals surface area (Å²) in [6.07, 6.45) is 0.954. The smallest absolute Gasteiger partial charge is 0.326 e. The first-order valence-electron chi connectivity index (χ1n) is 6.89. The molecule has 0 saturated heterocycles. The number of aliphatic carboxylic acids is 1. The third-order valence-corrected chi connectivity index (χ3v) is 3.54. The Labute approximate surface area is 124 Å². The van der Waals surface area contributed by atoms with Crippen LogP contribution in [0.5, 0.6) is 5.75 Å². The molecule has 0 bridgehead atoms. The van der Waals surface area contributed by atoms with Crippen LogP contribution in [0.3, 0.4) is 0 Å². The van der Waals surface area contributed by atoms with Crippen LogP contribution in [0, 0.1) is 0 Å². The summed E-state index contributed by atoms with van der Waals surface area (Å²) in [4.78, 5) is 24.8. The van der Waals surface area contributed by atoms with Crippen LogP contribution < -0.4 is 5.32 Å². The molecule has 1 rings (SSSR count). The topological polar surface area (TPSA) is 89.9 Å². The predicted molar refractivity (Wildman–Crippen MR) is 79.3 cm³/mol. The van der Waals surface area contributed by atoms with E-state index in [0.29, 0.717) is 0 Å². The highest BCUT2D eigenvalue weighted by Crippen LogP contribution is 2.12. The highest BCUT2D eigenvalue weighted by molar-refractivity contribution is 5.82. The van der Waals surface area contributed by atoms with Gasteiger partial charge in [-0.1, -0.05) is 19.1 Å². The Morgan fingerprint density at radius 1 is 1.29 bits per heavy atom. The molecule has 2 amide bonds. The van der Waals surface area contributed by atoms with Gasteiger partial charge in [0.25, 0.3) is 0 Å². The van der Waals surface area contributed by atoms with E-state index in [9.17, 15) is 19.8 Å². The third kappa shape index (κ3) is 4.98. The molecule has 0 aromatic heterocycles. The highest BCUT2D eigenvalue weighted by Gasteiger charge is 2.23. The number of carbonyl (C=O) groups is 2. The maximum atomic E-state index is 12.0. The number of benzene rings is 1. The first-order valence-corrected chi connectivity index (χ1v) is 6.89. The Bertz CT molecular complexity index is 487. The molecule has 116 valence electrons. The van der Waals surface area contributed by atoms with Crippen molar-refractivity contribution in [3.8, 4) is 5.75 Å². The molecule has 6 heteroatoms. The highest BCUT2D eigenvalue weighted by atomic mass is 16.4. The third-order valence-electron chi connectivity index (χ3n) is 3.54. The average molecular weight is 294 g/mol. The van der Waals surface area contributed by atoms with Crippen molar-refractivity contribution in [2.45, 2.75) is 38.8 Å². The molecule has 21 heavy (non-hydrogen) atoms. The molecule has 1 aromatic carbocycles. The number of nitrogens with one attached hydrogen (secondary N) is 1. The van der Waals surface area contributed by atoms with Crippen molar-refractivity contribution < 1.29 is 19.8 Å². The molecule has 0 aliphatic heterocycles. The van der Waals surface area contributed by atoms with Gasteiger partial charge < -0.3 is 20.4 Å². The number of aromatic hydroxyl groups is 1. The van der Waals surface area contributed by atoms with Crippen LogP contribution in [0.4, 0.5) is 4.79 Å². The second kappa shape index (κ2) is 7.52. The summed E-state index contributed by atoms with van der Waals surface area (Å²) in [5.41, 5.74) is 0.728. The molecule has 0 aliphatic rings. The number of carboxylic acids is 1. The van der Waals surface area contributed by atoms with Crippen LogP contribution >= 0.6 is 0 Å².